The van der Waals surface area contributed by atoms with Crippen LogP contribution in [0.25, 0.3) is 5.69 Å². The molecule has 4 rings (SSSR count). The number of thioether (sulfide) groups is 1. The number of hydrogen-bond donors (Lipinski definition) is 1. The van der Waals surface area contributed by atoms with Crippen LogP contribution in [0.4, 0.5) is 18.9 Å². The quantitative estimate of drug-likeness (QED) is 0.253. The average Bonchev–Trinajstić information content (AvgIpc) is 3.26. The van der Waals surface area contributed by atoms with E-state index >= 15 is 0 Å². The van der Waals surface area contributed by atoms with Gasteiger partial charge in [0, 0.05) is 5.69 Å². The minimum absolute atomic E-state index is 0.139. The lowest BCUT2D eigenvalue weighted by Gasteiger charge is -2.13. The fourth-order valence-electron chi connectivity index (χ4n) is 3.43. The van der Waals surface area contributed by atoms with E-state index in [0.717, 1.165) is 46.5 Å². The molecular formula is C25H21F3N4O2S. The Bertz CT molecular complexity index is 1340. The van der Waals surface area contributed by atoms with E-state index in [1.165, 1.54) is 0 Å². The molecule has 0 aliphatic carbocycles. The van der Waals surface area contributed by atoms with Crippen LogP contribution in [0.2, 0.25) is 0 Å². The summed E-state index contributed by atoms with van der Waals surface area (Å²) in [6, 6.07) is 16.9. The summed E-state index contributed by atoms with van der Waals surface area (Å²) in [6.45, 7) is 4.06. The third kappa shape index (κ3) is 5.48. The fourth-order valence-corrected chi connectivity index (χ4v) is 4.20. The van der Waals surface area contributed by atoms with Crippen LogP contribution in [-0.2, 0) is 11.4 Å². The van der Waals surface area contributed by atoms with Gasteiger partial charge in [-0.25, -0.2) is 13.2 Å². The molecule has 0 radical (unpaired) electrons. The lowest BCUT2D eigenvalue weighted by molar-refractivity contribution is -0.113. The van der Waals surface area contributed by atoms with Crippen molar-refractivity contribution in [3.63, 3.8) is 0 Å². The van der Waals surface area contributed by atoms with Gasteiger partial charge in [0.15, 0.2) is 28.4 Å². The smallest absolute Gasteiger partial charge is 0.234 e. The third-order valence-corrected chi connectivity index (χ3v) is 6.04. The number of halogens is 3. The lowest BCUT2D eigenvalue weighted by Crippen LogP contribution is -2.16. The van der Waals surface area contributed by atoms with Crippen molar-refractivity contribution in [2.75, 3.05) is 11.1 Å². The summed E-state index contributed by atoms with van der Waals surface area (Å²) < 4.78 is 48.3. The van der Waals surface area contributed by atoms with Crippen molar-refractivity contribution in [3.05, 3.63) is 95.1 Å². The molecule has 3 aromatic carbocycles. The molecule has 1 amide bonds. The van der Waals surface area contributed by atoms with Gasteiger partial charge in [0.25, 0.3) is 0 Å². The van der Waals surface area contributed by atoms with E-state index in [-0.39, 0.29) is 12.4 Å². The van der Waals surface area contributed by atoms with Crippen LogP contribution in [0.3, 0.4) is 0 Å². The van der Waals surface area contributed by atoms with Crippen LogP contribution in [0.15, 0.2) is 65.8 Å². The number of amides is 1. The highest BCUT2D eigenvalue weighted by Gasteiger charge is 2.19. The zero-order valence-corrected chi connectivity index (χ0v) is 19.7. The van der Waals surface area contributed by atoms with Crippen LogP contribution in [0.1, 0.15) is 17.0 Å². The normalized spacial score (nSPS) is 10.9. The topological polar surface area (TPSA) is 69.0 Å². The minimum Gasteiger partial charge on any atom is -0.485 e. The number of para-hydroxylation sites is 2. The zero-order valence-electron chi connectivity index (χ0n) is 18.9. The number of carbonyl (C=O) groups excluding carboxylic acids is 1. The number of aromatic nitrogens is 3. The van der Waals surface area contributed by atoms with Gasteiger partial charge in [0.05, 0.1) is 11.4 Å². The van der Waals surface area contributed by atoms with Gasteiger partial charge in [-0.1, -0.05) is 48.2 Å². The molecule has 0 spiro atoms. The summed E-state index contributed by atoms with van der Waals surface area (Å²) >= 11 is 1.06. The van der Waals surface area contributed by atoms with Crippen molar-refractivity contribution in [3.8, 4) is 11.4 Å². The lowest BCUT2D eigenvalue weighted by atomic mass is 10.1. The molecule has 1 aromatic heterocycles. The number of aryl methyl sites for hydroxylation is 2. The Morgan fingerprint density at radius 2 is 1.66 bits per heavy atom. The van der Waals surface area contributed by atoms with Crippen molar-refractivity contribution in [1.29, 1.82) is 0 Å². The molecule has 0 saturated heterocycles. The molecule has 0 aliphatic rings. The predicted molar refractivity (Wildman–Crippen MR) is 127 cm³/mol. The molecule has 0 aliphatic heterocycles. The van der Waals surface area contributed by atoms with Crippen LogP contribution < -0.4 is 10.1 Å². The van der Waals surface area contributed by atoms with Gasteiger partial charge in [-0.05, 0) is 49.2 Å². The fraction of sp³-hybridized carbons (Fsp3) is 0.160. The Labute approximate surface area is 204 Å². The summed E-state index contributed by atoms with van der Waals surface area (Å²) in [4.78, 5) is 12.4. The van der Waals surface area contributed by atoms with E-state index in [1.54, 1.807) is 4.57 Å². The van der Waals surface area contributed by atoms with Gasteiger partial charge in [-0.15, -0.1) is 10.2 Å². The first kappa shape index (κ1) is 24.3. The van der Waals surface area contributed by atoms with Gasteiger partial charge < -0.3 is 10.1 Å². The molecule has 6 nitrogen and oxygen atoms in total. The van der Waals surface area contributed by atoms with Crippen molar-refractivity contribution >= 4 is 23.4 Å². The maximum Gasteiger partial charge on any atom is 0.234 e. The number of hydrogen-bond acceptors (Lipinski definition) is 5. The standard InChI is InChI=1S/C25H21F3N4O2S/c1-15-7-6-8-16(2)24(15)34-13-20-30-31-25(32(20)17-9-4-3-5-10-17)35-14-21(33)29-19-12-11-18(26)22(27)23(19)28/h3-12H,13-14H2,1-2H3,(H,29,33). The number of nitrogens with one attached hydrogen (secondary N) is 1. The van der Waals surface area contributed by atoms with Gasteiger partial charge >= 0.3 is 0 Å². The van der Waals surface area contributed by atoms with E-state index in [2.05, 4.69) is 15.5 Å². The summed E-state index contributed by atoms with van der Waals surface area (Å²) in [6.07, 6.45) is 0. The molecule has 0 unspecified atom stereocenters. The van der Waals surface area contributed by atoms with E-state index in [0.29, 0.717) is 11.0 Å². The van der Waals surface area contributed by atoms with Crippen molar-refractivity contribution in [2.24, 2.45) is 0 Å². The highest BCUT2D eigenvalue weighted by molar-refractivity contribution is 7.99. The van der Waals surface area contributed by atoms with Crippen molar-refractivity contribution < 1.29 is 22.7 Å². The zero-order chi connectivity index (χ0) is 24.9. The SMILES string of the molecule is Cc1cccc(C)c1OCc1nnc(SCC(=O)Nc2ccc(F)c(F)c2F)n1-c1ccccc1. The van der Waals surface area contributed by atoms with Crippen LogP contribution in [-0.4, -0.2) is 26.4 Å². The Balaban J connectivity index is 1.52. The second kappa shape index (κ2) is 10.6. The van der Waals surface area contributed by atoms with E-state index < -0.39 is 29.0 Å². The number of anilines is 1. The average molecular weight is 499 g/mol. The Hall–Kier alpha value is -3.79. The van der Waals surface area contributed by atoms with Gasteiger partial charge in [0.1, 0.15) is 12.4 Å². The number of ether oxygens (including phenoxy) is 1. The maximum absolute atomic E-state index is 13.9. The molecule has 10 heteroatoms. The minimum atomic E-state index is -1.65. The second-order valence-corrected chi connectivity index (χ2v) is 8.58. The largest absolute Gasteiger partial charge is 0.485 e. The van der Waals surface area contributed by atoms with Crippen LogP contribution >= 0.6 is 11.8 Å². The third-order valence-electron chi connectivity index (χ3n) is 5.11. The van der Waals surface area contributed by atoms with Gasteiger partial charge in [0.2, 0.25) is 5.91 Å². The molecule has 1 heterocycles. The molecular weight excluding hydrogens is 477 g/mol. The first-order chi connectivity index (χ1) is 16.8. The predicted octanol–water partition coefficient (Wildman–Crippen LogP) is 5.61. The van der Waals surface area contributed by atoms with Crippen LogP contribution in [0, 0.1) is 31.3 Å². The van der Waals surface area contributed by atoms with Gasteiger partial charge in [-0.2, -0.15) is 0 Å². The molecule has 1 N–H and O–H groups in total. The first-order valence-electron chi connectivity index (χ1n) is 10.6. The first-order valence-corrected chi connectivity index (χ1v) is 11.6. The Kier molecular flexibility index (Phi) is 7.40. The summed E-state index contributed by atoms with van der Waals surface area (Å²) in [5.74, 6) is -3.93. The summed E-state index contributed by atoms with van der Waals surface area (Å²) in [5.41, 5.74) is 2.31. The number of benzene rings is 3. The number of carbonyl (C=O) groups is 1. The number of nitrogens with zero attached hydrogens (tertiary/aromatic N) is 3. The van der Waals surface area contributed by atoms with E-state index in [9.17, 15) is 18.0 Å². The molecule has 0 fully saturated rings. The highest BCUT2D eigenvalue weighted by Crippen LogP contribution is 2.26. The highest BCUT2D eigenvalue weighted by atomic mass is 32.2. The summed E-state index contributed by atoms with van der Waals surface area (Å²) in [7, 11) is 0. The molecule has 35 heavy (non-hydrogen) atoms. The molecule has 4 aromatic rings. The van der Waals surface area contributed by atoms with Gasteiger partial charge in [-0.3, -0.25) is 9.36 Å². The second-order valence-electron chi connectivity index (χ2n) is 7.64. The molecule has 180 valence electrons. The Morgan fingerprint density at radius 3 is 2.37 bits per heavy atom. The Morgan fingerprint density at radius 1 is 0.943 bits per heavy atom. The van der Waals surface area contributed by atoms with Crippen LogP contribution in [0.5, 0.6) is 5.75 Å². The van der Waals surface area contributed by atoms with Crippen molar-refractivity contribution in [1.82, 2.24) is 14.8 Å². The van der Waals surface area contributed by atoms with Crippen molar-refractivity contribution in [2.45, 2.75) is 25.6 Å². The molecule has 0 saturated carbocycles. The molecule has 0 atom stereocenters. The summed E-state index contributed by atoms with van der Waals surface area (Å²) in [5, 5.41) is 11.1. The maximum atomic E-state index is 13.9. The number of rotatable bonds is 8. The monoisotopic (exact) mass is 498 g/mol. The van der Waals surface area contributed by atoms with E-state index in [1.807, 2.05) is 62.4 Å². The van der Waals surface area contributed by atoms with E-state index in [4.69, 9.17) is 4.74 Å². The molecule has 0 bridgehead atoms.